The molecule has 0 aromatic carbocycles. The monoisotopic (exact) mass is 303 g/mol. The van der Waals surface area contributed by atoms with Gasteiger partial charge < -0.3 is 14.8 Å². The van der Waals surface area contributed by atoms with Crippen molar-refractivity contribution in [2.24, 2.45) is 7.05 Å². The van der Waals surface area contributed by atoms with Crippen LogP contribution in [-0.4, -0.2) is 39.6 Å². The molecule has 0 saturated carbocycles. The first-order valence-corrected chi connectivity index (χ1v) is 7.27. The van der Waals surface area contributed by atoms with Crippen LogP contribution in [0.15, 0.2) is 30.9 Å². The Morgan fingerprint density at radius 1 is 1.41 bits per heavy atom. The molecule has 0 radical (unpaired) electrons. The zero-order valence-corrected chi connectivity index (χ0v) is 12.4. The number of anilines is 1. The number of rotatable bonds is 3. The molecule has 2 aromatic rings. The van der Waals surface area contributed by atoms with Crippen LogP contribution in [0.4, 0.5) is 10.2 Å². The third-order valence-corrected chi connectivity index (χ3v) is 3.73. The number of nitrogens with one attached hydrogen (secondary N) is 1. The summed E-state index contributed by atoms with van der Waals surface area (Å²) >= 11 is 0. The van der Waals surface area contributed by atoms with Crippen molar-refractivity contribution in [3.8, 4) is 0 Å². The number of halogens is 1. The summed E-state index contributed by atoms with van der Waals surface area (Å²) in [5.41, 5.74) is 0.416. The first-order chi connectivity index (χ1) is 10.6. The van der Waals surface area contributed by atoms with Crippen molar-refractivity contribution in [3.05, 3.63) is 42.4 Å². The van der Waals surface area contributed by atoms with Crippen molar-refractivity contribution in [2.75, 3.05) is 18.0 Å². The van der Waals surface area contributed by atoms with Gasteiger partial charge in [0.05, 0.1) is 12.5 Å². The van der Waals surface area contributed by atoms with Gasteiger partial charge in [0.15, 0.2) is 0 Å². The number of carbonyl (C=O) groups is 1. The Hall–Kier alpha value is -2.44. The highest BCUT2D eigenvalue weighted by atomic mass is 19.1. The number of amides is 1. The van der Waals surface area contributed by atoms with E-state index in [-0.39, 0.29) is 17.8 Å². The van der Waals surface area contributed by atoms with Gasteiger partial charge in [-0.25, -0.2) is 14.4 Å². The second kappa shape index (κ2) is 6.13. The van der Waals surface area contributed by atoms with E-state index in [2.05, 4.69) is 20.2 Å². The lowest BCUT2D eigenvalue weighted by Crippen LogP contribution is -2.48. The first kappa shape index (κ1) is 14.5. The highest BCUT2D eigenvalue weighted by molar-refractivity contribution is 5.92. The van der Waals surface area contributed by atoms with E-state index in [9.17, 15) is 9.18 Å². The molecule has 7 heteroatoms. The molecule has 3 rings (SSSR count). The quantitative estimate of drug-likeness (QED) is 0.930. The molecule has 1 N–H and O–H groups in total. The van der Waals surface area contributed by atoms with Crippen LogP contribution in [0.3, 0.4) is 0 Å². The molecule has 1 aliphatic rings. The standard InChI is InChI=1S/C15H18FN5O/c1-20-9-13(18-10-20)15(22)19-12-3-2-6-21(8-12)14-5-4-11(16)7-17-14/h4-5,7,9-10,12H,2-3,6,8H2,1H3,(H,19,22). The lowest BCUT2D eigenvalue weighted by Gasteiger charge is -2.33. The Balaban J connectivity index is 1.63. The van der Waals surface area contributed by atoms with Crippen molar-refractivity contribution in [1.29, 1.82) is 0 Å². The maximum Gasteiger partial charge on any atom is 0.271 e. The van der Waals surface area contributed by atoms with E-state index in [1.807, 2.05) is 7.05 Å². The number of carbonyl (C=O) groups excluding carboxylic acids is 1. The minimum Gasteiger partial charge on any atom is -0.355 e. The summed E-state index contributed by atoms with van der Waals surface area (Å²) in [5, 5.41) is 3.00. The Morgan fingerprint density at radius 3 is 2.95 bits per heavy atom. The van der Waals surface area contributed by atoms with Gasteiger partial charge in [0.25, 0.3) is 5.91 Å². The summed E-state index contributed by atoms with van der Waals surface area (Å²) in [6.07, 6.45) is 6.37. The number of piperidine rings is 1. The van der Waals surface area contributed by atoms with Crippen LogP contribution in [0.2, 0.25) is 0 Å². The molecule has 1 saturated heterocycles. The maximum absolute atomic E-state index is 12.9. The van der Waals surface area contributed by atoms with Crippen molar-refractivity contribution in [3.63, 3.8) is 0 Å². The molecule has 116 valence electrons. The average molecular weight is 303 g/mol. The molecule has 1 unspecified atom stereocenters. The number of hydrogen-bond donors (Lipinski definition) is 1. The average Bonchev–Trinajstić information content (AvgIpc) is 2.95. The molecular weight excluding hydrogens is 285 g/mol. The zero-order chi connectivity index (χ0) is 15.5. The van der Waals surface area contributed by atoms with Gasteiger partial charge >= 0.3 is 0 Å². The summed E-state index contributed by atoms with van der Waals surface area (Å²) in [7, 11) is 1.83. The molecule has 1 fully saturated rings. The fourth-order valence-corrected chi connectivity index (χ4v) is 2.65. The summed E-state index contributed by atoms with van der Waals surface area (Å²) < 4.78 is 14.7. The zero-order valence-electron chi connectivity index (χ0n) is 12.4. The Kier molecular flexibility index (Phi) is 4.04. The number of hydrogen-bond acceptors (Lipinski definition) is 4. The Bertz CT molecular complexity index is 654. The smallest absolute Gasteiger partial charge is 0.271 e. The fraction of sp³-hybridized carbons (Fsp3) is 0.400. The van der Waals surface area contributed by atoms with Gasteiger partial charge in [0.2, 0.25) is 0 Å². The molecular formula is C15H18FN5O. The van der Waals surface area contributed by atoms with Crippen LogP contribution in [0.5, 0.6) is 0 Å². The normalized spacial score (nSPS) is 18.3. The minimum absolute atomic E-state index is 0.0371. The van der Waals surface area contributed by atoms with E-state index in [4.69, 9.17) is 0 Å². The molecule has 6 nitrogen and oxygen atoms in total. The Labute approximate surface area is 128 Å². The third kappa shape index (κ3) is 3.24. The fourth-order valence-electron chi connectivity index (χ4n) is 2.65. The van der Waals surface area contributed by atoms with Crippen LogP contribution in [0, 0.1) is 5.82 Å². The van der Waals surface area contributed by atoms with E-state index in [0.717, 1.165) is 25.2 Å². The lowest BCUT2D eigenvalue weighted by molar-refractivity contribution is 0.0928. The lowest BCUT2D eigenvalue weighted by atomic mass is 10.1. The van der Waals surface area contributed by atoms with Gasteiger partial charge in [-0.15, -0.1) is 0 Å². The molecule has 22 heavy (non-hydrogen) atoms. The number of nitrogens with zero attached hydrogens (tertiary/aromatic N) is 4. The SMILES string of the molecule is Cn1cnc(C(=O)NC2CCCN(c3ccc(F)cn3)C2)c1. The van der Waals surface area contributed by atoms with E-state index in [1.54, 1.807) is 23.2 Å². The molecule has 1 aliphatic heterocycles. The van der Waals surface area contributed by atoms with Crippen LogP contribution in [0.25, 0.3) is 0 Å². The second-order valence-electron chi connectivity index (χ2n) is 5.52. The first-order valence-electron chi connectivity index (χ1n) is 7.27. The van der Waals surface area contributed by atoms with Crippen molar-refractivity contribution < 1.29 is 9.18 Å². The topological polar surface area (TPSA) is 63.1 Å². The second-order valence-corrected chi connectivity index (χ2v) is 5.52. The van der Waals surface area contributed by atoms with Gasteiger partial charge in [0.1, 0.15) is 17.3 Å². The van der Waals surface area contributed by atoms with Gasteiger partial charge in [-0.05, 0) is 25.0 Å². The molecule has 1 atom stereocenters. The van der Waals surface area contributed by atoms with Crippen LogP contribution >= 0.6 is 0 Å². The third-order valence-electron chi connectivity index (χ3n) is 3.73. The van der Waals surface area contributed by atoms with E-state index < -0.39 is 0 Å². The van der Waals surface area contributed by atoms with Gasteiger partial charge in [0, 0.05) is 32.4 Å². The van der Waals surface area contributed by atoms with Gasteiger partial charge in [-0.2, -0.15) is 0 Å². The predicted molar refractivity (Wildman–Crippen MR) is 80.1 cm³/mol. The summed E-state index contributed by atoms with van der Waals surface area (Å²) in [5.74, 6) is 0.221. The van der Waals surface area contributed by atoms with Crippen molar-refractivity contribution in [2.45, 2.75) is 18.9 Å². The molecule has 0 aliphatic carbocycles. The van der Waals surface area contributed by atoms with Crippen LogP contribution in [-0.2, 0) is 7.05 Å². The number of aryl methyl sites for hydroxylation is 1. The molecule has 3 heterocycles. The predicted octanol–water partition coefficient (Wildman–Crippen LogP) is 1.35. The highest BCUT2D eigenvalue weighted by Gasteiger charge is 2.23. The molecule has 2 aromatic heterocycles. The van der Waals surface area contributed by atoms with E-state index >= 15 is 0 Å². The van der Waals surface area contributed by atoms with Crippen LogP contribution < -0.4 is 10.2 Å². The summed E-state index contributed by atoms with van der Waals surface area (Å²) in [6, 6.07) is 3.10. The van der Waals surface area contributed by atoms with E-state index in [0.29, 0.717) is 12.2 Å². The number of imidazole rings is 1. The molecule has 0 spiro atoms. The van der Waals surface area contributed by atoms with Crippen molar-refractivity contribution >= 4 is 11.7 Å². The summed E-state index contributed by atoms with van der Waals surface area (Å²) in [6.45, 7) is 1.52. The maximum atomic E-state index is 12.9. The van der Waals surface area contributed by atoms with Crippen molar-refractivity contribution in [1.82, 2.24) is 19.9 Å². The molecule has 0 bridgehead atoms. The minimum atomic E-state index is -0.347. The Morgan fingerprint density at radius 2 is 2.27 bits per heavy atom. The number of aromatic nitrogens is 3. The van der Waals surface area contributed by atoms with Gasteiger partial charge in [-0.1, -0.05) is 0 Å². The van der Waals surface area contributed by atoms with Gasteiger partial charge in [-0.3, -0.25) is 4.79 Å². The van der Waals surface area contributed by atoms with E-state index in [1.165, 1.54) is 12.3 Å². The molecule has 1 amide bonds. The largest absolute Gasteiger partial charge is 0.355 e. The summed E-state index contributed by atoms with van der Waals surface area (Å²) in [4.78, 5) is 22.4. The van der Waals surface area contributed by atoms with Crippen LogP contribution in [0.1, 0.15) is 23.3 Å². The highest BCUT2D eigenvalue weighted by Crippen LogP contribution is 2.18. The number of pyridine rings is 1.